The van der Waals surface area contributed by atoms with E-state index in [1.807, 2.05) is 0 Å². The van der Waals surface area contributed by atoms with Crippen molar-refractivity contribution in [2.45, 2.75) is 12.7 Å². The molecule has 0 fully saturated rings. The van der Waals surface area contributed by atoms with Crippen LogP contribution in [0.15, 0.2) is 17.3 Å². The van der Waals surface area contributed by atoms with Crippen LogP contribution in [0.25, 0.3) is 11.2 Å². The van der Waals surface area contributed by atoms with Gasteiger partial charge in [-0.2, -0.15) is 13.2 Å². The molecule has 7 heteroatoms. The highest BCUT2D eigenvalue weighted by Gasteiger charge is 2.31. The van der Waals surface area contributed by atoms with Crippen LogP contribution in [0.4, 0.5) is 13.2 Å². The van der Waals surface area contributed by atoms with Gasteiger partial charge in [0.25, 0.3) is 0 Å². The van der Waals surface area contributed by atoms with Crippen LogP contribution >= 0.6 is 0 Å². The van der Waals surface area contributed by atoms with Crippen molar-refractivity contribution in [2.75, 3.05) is 6.54 Å². The standard InChI is InChI=1S/C10H7F3N4/c11-10(12,13)6-3-7-9(15-4-6)17-2-1-14-5-8(17)16-7/h3-5H,1-2H2. The summed E-state index contributed by atoms with van der Waals surface area (Å²) >= 11 is 0. The fraction of sp³-hybridized carbons (Fsp3) is 0.300. The van der Waals surface area contributed by atoms with Crippen LogP contribution in [0.2, 0.25) is 0 Å². The number of pyridine rings is 1. The molecule has 1 aliphatic rings. The lowest BCUT2D eigenvalue weighted by molar-refractivity contribution is -0.137. The number of imidazole rings is 1. The molecule has 3 heterocycles. The van der Waals surface area contributed by atoms with Gasteiger partial charge in [0.2, 0.25) is 0 Å². The predicted molar refractivity (Wildman–Crippen MR) is 55.0 cm³/mol. The van der Waals surface area contributed by atoms with Crippen LogP contribution in [0.1, 0.15) is 11.4 Å². The first kappa shape index (κ1) is 10.2. The molecule has 0 spiro atoms. The summed E-state index contributed by atoms with van der Waals surface area (Å²) in [4.78, 5) is 11.9. The first-order valence-corrected chi connectivity index (χ1v) is 4.99. The summed E-state index contributed by atoms with van der Waals surface area (Å²) < 4.78 is 39.3. The van der Waals surface area contributed by atoms with Gasteiger partial charge in [0, 0.05) is 12.7 Å². The molecule has 2 aromatic heterocycles. The monoisotopic (exact) mass is 240 g/mol. The van der Waals surface area contributed by atoms with E-state index in [1.54, 1.807) is 10.8 Å². The Morgan fingerprint density at radius 1 is 1.29 bits per heavy atom. The number of fused-ring (bicyclic) bond motifs is 3. The molecular formula is C10H7F3N4. The van der Waals surface area contributed by atoms with Crippen molar-refractivity contribution in [3.63, 3.8) is 0 Å². The zero-order valence-corrected chi connectivity index (χ0v) is 8.57. The largest absolute Gasteiger partial charge is 0.417 e. The van der Waals surface area contributed by atoms with E-state index in [0.717, 1.165) is 12.3 Å². The van der Waals surface area contributed by atoms with Crippen LogP contribution in [0.5, 0.6) is 0 Å². The molecule has 0 atom stereocenters. The van der Waals surface area contributed by atoms with E-state index in [0.29, 0.717) is 24.6 Å². The van der Waals surface area contributed by atoms with Crippen LogP contribution in [-0.4, -0.2) is 27.3 Å². The molecule has 0 radical (unpaired) electrons. The number of hydrogen-bond donors (Lipinski definition) is 0. The van der Waals surface area contributed by atoms with E-state index in [2.05, 4.69) is 15.0 Å². The number of hydrogen-bond acceptors (Lipinski definition) is 3. The Balaban J connectivity index is 2.22. The van der Waals surface area contributed by atoms with E-state index in [4.69, 9.17) is 0 Å². The van der Waals surface area contributed by atoms with Gasteiger partial charge in [-0.25, -0.2) is 9.97 Å². The summed E-state index contributed by atoms with van der Waals surface area (Å²) in [6.07, 6.45) is -2.00. The van der Waals surface area contributed by atoms with Gasteiger partial charge in [-0.15, -0.1) is 0 Å². The number of aliphatic imine (C=N–C) groups is 1. The predicted octanol–water partition coefficient (Wildman–Crippen LogP) is 1.88. The number of halogens is 3. The second-order valence-electron chi connectivity index (χ2n) is 3.72. The zero-order valence-electron chi connectivity index (χ0n) is 8.57. The molecule has 17 heavy (non-hydrogen) atoms. The second-order valence-corrected chi connectivity index (χ2v) is 3.72. The van der Waals surface area contributed by atoms with Crippen molar-refractivity contribution in [1.29, 1.82) is 0 Å². The third-order valence-corrected chi connectivity index (χ3v) is 2.60. The van der Waals surface area contributed by atoms with E-state index < -0.39 is 11.7 Å². The molecule has 0 unspecified atom stereocenters. The minimum absolute atomic E-state index is 0.253. The third kappa shape index (κ3) is 1.58. The molecule has 0 bridgehead atoms. The number of aromatic nitrogens is 3. The van der Waals surface area contributed by atoms with Gasteiger partial charge in [-0.05, 0) is 6.07 Å². The van der Waals surface area contributed by atoms with Crippen molar-refractivity contribution >= 4 is 17.4 Å². The SMILES string of the molecule is FC(F)(F)c1cnc2c(c1)nc1n2CCN=C1. The van der Waals surface area contributed by atoms with Crippen LogP contribution in [0, 0.1) is 0 Å². The van der Waals surface area contributed by atoms with Crippen LogP contribution in [-0.2, 0) is 12.7 Å². The van der Waals surface area contributed by atoms with Crippen molar-refractivity contribution < 1.29 is 13.2 Å². The van der Waals surface area contributed by atoms with Gasteiger partial charge >= 0.3 is 6.18 Å². The van der Waals surface area contributed by atoms with Crippen molar-refractivity contribution in [1.82, 2.24) is 14.5 Å². The Hall–Kier alpha value is -1.92. The summed E-state index contributed by atoms with van der Waals surface area (Å²) in [5, 5.41) is 0. The number of rotatable bonds is 0. The van der Waals surface area contributed by atoms with E-state index >= 15 is 0 Å². The maximum atomic E-state index is 12.5. The van der Waals surface area contributed by atoms with Crippen LogP contribution in [0.3, 0.4) is 0 Å². The maximum Gasteiger partial charge on any atom is 0.417 e. The quantitative estimate of drug-likeness (QED) is 0.705. The van der Waals surface area contributed by atoms with Gasteiger partial charge in [-0.1, -0.05) is 0 Å². The van der Waals surface area contributed by atoms with Gasteiger partial charge in [0.15, 0.2) is 11.5 Å². The van der Waals surface area contributed by atoms with E-state index in [-0.39, 0.29) is 5.52 Å². The topological polar surface area (TPSA) is 43.1 Å². The summed E-state index contributed by atoms with van der Waals surface area (Å²) in [6.45, 7) is 1.20. The molecule has 4 nitrogen and oxygen atoms in total. The Morgan fingerprint density at radius 3 is 2.88 bits per heavy atom. The Kier molecular flexibility index (Phi) is 1.98. The fourth-order valence-electron chi connectivity index (χ4n) is 1.81. The lowest BCUT2D eigenvalue weighted by Crippen LogP contribution is -2.11. The molecule has 88 valence electrons. The minimum Gasteiger partial charge on any atom is -0.306 e. The normalized spacial score (nSPS) is 15.2. The maximum absolute atomic E-state index is 12.5. The molecule has 0 amide bonds. The van der Waals surface area contributed by atoms with Crippen LogP contribution < -0.4 is 0 Å². The summed E-state index contributed by atoms with van der Waals surface area (Å²) in [7, 11) is 0. The molecule has 0 aliphatic carbocycles. The smallest absolute Gasteiger partial charge is 0.306 e. The first-order valence-electron chi connectivity index (χ1n) is 4.99. The molecule has 2 aromatic rings. The van der Waals surface area contributed by atoms with E-state index in [9.17, 15) is 13.2 Å². The summed E-state index contributed by atoms with van der Waals surface area (Å²) in [5.74, 6) is 0.554. The highest BCUT2D eigenvalue weighted by atomic mass is 19.4. The van der Waals surface area contributed by atoms with Crippen molar-refractivity contribution in [3.8, 4) is 0 Å². The van der Waals surface area contributed by atoms with Gasteiger partial charge in [0.1, 0.15) is 5.52 Å². The fourth-order valence-corrected chi connectivity index (χ4v) is 1.81. The number of alkyl halides is 3. The summed E-state index contributed by atoms with van der Waals surface area (Å²) in [6, 6.07) is 1.02. The van der Waals surface area contributed by atoms with Crippen molar-refractivity contribution in [2.24, 2.45) is 4.99 Å². The molecular weight excluding hydrogens is 233 g/mol. The molecule has 3 rings (SSSR count). The lowest BCUT2D eigenvalue weighted by atomic mass is 10.2. The summed E-state index contributed by atoms with van der Waals surface area (Å²) in [5.41, 5.74) is -0.0558. The average Bonchev–Trinajstić information content (AvgIpc) is 2.65. The molecule has 0 aromatic carbocycles. The second kappa shape index (κ2) is 3.28. The van der Waals surface area contributed by atoms with Gasteiger partial charge in [0.05, 0.1) is 18.3 Å². The Labute approximate surface area is 93.8 Å². The highest BCUT2D eigenvalue weighted by molar-refractivity contribution is 5.84. The Morgan fingerprint density at radius 2 is 2.12 bits per heavy atom. The zero-order chi connectivity index (χ0) is 12.0. The Bertz CT molecular complexity index is 612. The highest BCUT2D eigenvalue weighted by Crippen LogP contribution is 2.30. The average molecular weight is 240 g/mol. The lowest BCUT2D eigenvalue weighted by Gasteiger charge is -2.08. The number of nitrogens with zero attached hydrogens (tertiary/aromatic N) is 4. The first-order chi connectivity index (χ1) is 8.05. The molecule has 0 saturated carbocycles. The molecule has 1 aliphatic heterocycles. The van der Waals surface area contributed by atoms with Crippen molar-refractivity contribution in [3.05, 3.63) is 23.7 Å². The van der Waals surface area contributed by atoms with Gasteiger partial charge in [-0.3, -0.25) is 4.99 Å². The molecule has 0 N–H and O–H groups in total. The molecule has 0 saturated heterocycles. The third-order valence-electron chi connectivity index (χ3n) is 2.60. The van der Waals surface area contributed by atoms with E-state index in [1.165, 1.54) is 0 Å². The minimum atomic E-state index is -4.39. The van der Waals surface area contributed by atoms with Gasteiger partial charge < -0.3 is 4.57 Å².